The summed E-state index contributed by atoms with van der Waals surface area (Å²) in [6, 6.07) is -0.922. The lowest BCUT2D eigenvalue weighted by Gasteiger charge is -2.35. The molecule has 0 aromatic heterocycles. The molecule has 1 saturated carbocycles. The van der Waals surface area contributed by atoms with Gasteiger partial charge in [-0.1, -0.05) is 6.42 Å². The van der Waals surface area contributed by atoms with E-state index >= 15 is 0 Å². The molecule has 6 heteroatoms. The van der Waals surface area contributed by atoms with E-state index < -0.39 is 12.0 Å². The first kappa shape index (κ1) is 15.1. The van der Waals surface area contributed by atoms with Crippen molar-refractivity contribution in [2.75, 3.05) is 26.7 Å². The highest BCUT2D eigenvalue weighted by Crippen LogP contribution is 2.28. The highest BCUT2D eigenvalue weighted by molar-refractivity contribution is 5.83. The van der Waals surface area contributed by atoms with Crippen LogP contribution in [-0.4, -0.2) is 65.8 Å². The summed E-state index contributed by atoms with van der Waals surface area (Å²) in [6.07, 6.45) is 3.78. The number of carbonyl (C=O) groups is 2. The van der Waals surface area contributed by atoms with Crippen molar-refractivity contribution in [3.8, 4) is 0 Å². The van der Waals surface area contributed by atoms with Gasteiger partial charge < -0.3 is 19.6 Å². The number of hydrogen-bond acceptors (Lipinski definition) is 3. The van der Waals surface area contributed by atoms with Crippen molar-refractivity contribution in [2.24, 2.45) is 5.92 Å². The van der Waals surface area contributed by atoms with Crippen LogP contribution < -0.4 is 0 Å². The molecule has 0 aromatic rings. The minimum absolute atomic E-state index is 0.161. The molecule has 0 spiro atoms. The van der Waals surface area contributed by atoms with E-state index in [1.807, 2.05) is 6.92 Å². The van der Waals surface area contributed by atoms with Crippen LogP contribution in [-0.2, 0) is 9.53 Å². The van der Waals surface area contributed by atoms with Crippen LogP contribution in [0.5, 0.6) is 0 Å². The van der Waals surface area contributed by atoms with Crippen LogP contribution in [0.25, 0.3) is 0 Å². The van der Waals surface area contributed by atoms with Gasteiger partial charge in [0.05, 0.1) is 6.10 Å². The Morgan fingerprint density at radius 3 is 2.55 bits per heavy atom. The van der Waals surface area contributed by atoms with E-state index in [9.17, 15) is 14.7 Å². The number of amides is 2. The fourth-order valence-corrected chi connectivity index (χ4v) is 2.92. The molecular formula is C14H24N2O4. The van der Waals surface area contributed by atoms with E-state index in [0.29, 0.717) is 25.4 Å². The maximum Gasteiger partial charge on any atom is 0.326 e. The van der Waals surface area contributed by atoms with E-state index in [2.05, 4.69) is 0 Å². The summed E-state index contributed by atoms with van der Waals surface area (Å²) in [6.45, 7) is 3.68. The predicted molar refractivity (Wildman–Crippen MR) is 73.5 cm³/mol. The predicted octanol–water partition coefficient (Wildman–Crippen LogP) is 1.40. The average molecular weight is 284 g/mol. The lowest BCUT2D eigenvalue weighted by Crippen LogP contribution is -2.49. The molecule has 2 rings (SSSR count). The summed E-state index contributed by atoms with van der Waals surface area (Å²) in [7, 11) is 1.56. The molecular weight excluding hydrogens is 260 g/mol. The van der Waals surface area contributed by atoms with Gasteiger partial charge in [-0.15, -0.1) is 0 Å². The quantitative estimate of drug-likeness (QED) is 0.828. The Hall–Kier alpha value is -1.30. The third-order valence-electron chi connectivity index (χ3n) is 4.48. The monoisotopic (exact) mass is 284 g/mol. The van der Waals surface area contributed by atoms with Crippen LogP contribution in [0.2, 0.25) is 0 Å². The molecule has 2 atom stereocenters. The third kappa shape index (κ3) is 3.06. The molecule has 0 radical (unpaired) electrons. The Labute approximate surface area is 119 Å². The fraction of sp³-hybridized carbons (Fsp3) is 0.857. The van der Waals surface area contributed by atoms with Gasteiger partial charge in [0.25, 0.3) is 0 Å². The number of nitrogens with zero attached hydrogens (tertiary/aromatic N) is 2. The van der Waals surface area contributed by atoms with Gasteiger partial charge in [0.1, 0.15) is 6.04 Å². The third-order valence-corrected chi connectivity index (χ3v) is 4.48. The van der Waals surface area contributed by atoms with Gasteiger partial charge in [0, 0.05) is 33.2 Å². The number of likely N-dealkylation sites (tertiary alicyclic amines) is 1. The molecule has 2 unspecified atom stereocenters. The minimum atomic E-state index is -0.947. The number of urea groups is 1. The summed E-state index contributed by atoms with van der Waals surface area (Å²) in [5.41, 5.74) is 0. The molecule has 2 amide bonds. The van der Waals surface area contributed by atoms with Crippen molar-refractivity contribution in [2.45, 2.75) is 44.8 Å². The highest BCUT2D eigenvalue weighted by Gasteiger charge is 2.41. The molecule has 1 saturated heterocycles. The zero-order valence-corrected chi connectivity index (χ0v) is 12.2. The van der Waals surface area contributed by atoms with E-state index in [1.54, 1.807) is 12.0 Å². The van der Waals surface area contributed by atoms with E-state index in [0.717, 1.165) is 6.54 Å². The normalized spacial score (nSPS) is 26.4. The van der Waals surface area contributed by atoms with Crippen molar-refractivity contribution < 1.29 is 19.4 Å². The first-order chi connectivity index (χ1) is 9.56. The summed E-state index contributed by atoms with van der Waals surface area (Å²) in [4.78, 5) is 27.1. The van der Waals surface area contributed by atoms with Crippen LogP contribution in [0.3, 0.4) is 0 Å². The Kier molecular flexibility index (Phi) is 4.86. The molecule has 1 aliphatic heterocycles. The second-order valence-corrected chi connectivity index (χ2v) is 5.72. The summed E-state index contributed by atoms with van der Waals surface area (Å²) >= 11 is 0. The van der Waals surface area contributed by atoms with Gasteiger partial charge in [-0.05, 0) is 25.7 Å². The minimum Gasteiger partial charge on any atom is -0.480 e. The average Bonchev–Trinajstić information content (AvgIpc) is 2.81. The van der Waals surface area contributed by atoms with Gasteiger partial charge in [0.15, 0.2) is 0 Å². The molecule has 1 N–H and O–H groups in total. The van der Waals surface area contributed by atoms with Crippen molar-refractivity contribution in [1.82, 2.24) is 9.80 Å². The zero-order chi connectivity index (χ0) is 14.7. The van der Waals surface area contributed by atoms with Crippen molar-refractivity contribution in [3.63, 3.8) is 0 Å². The van der Waals surface area contributed by atoms with Crippen LogP contribution in [0.15, 0.2) is 0 Å². The van der Waals surface area contributed by atoms with E-state index in [4.69, 9.17) is 4.74 Å². The van der Waals surface area contributed by atoms with Gasteiger partial charge in [0.2, 0.25) is 0 Å². The summed E-state index contributed by atoms with van der Waals surface area (Å²) in [5.74, 6) is -0.361. The molecule has 1 aliphatic carbocycles. The molecule has 20 heavy (non-hydrogen) atoms. The number of ether oxygens (including phenoxy) is 1. The molecule has 114 valence electrons. The van der Waals surface area contributed by atoms with Gasteiger partial charge >= 0.3 is 12.0 Å². The summed E-state index contributed by atoms with van der Waals surface area (Å²) < 4.78 is 5.22. The molecule has 0 bridgehead atoms. The molecule has 2 fully saturated rings. The van der Waals surface area contributed by atoms with Crippen LogP contribution in [0.4, 0.5) is 4.79 Å². The van der Waals surface area contributed by atoms with Crippen molar-refractivity contribution >= 4 is 12.0 Å². The van der Waals surface area contributed by atoms with Crippen molar-refractivity contribution in [3.05, 3.63) is 0 Å². The van der Waals surface area contributed by atoms with E-state index in [1.165, 1.54) is 24.2 Å². The number of methoxy groups -OCH3 is 1. The van der Waals surface area contributed by atoms with Gasteiger partial charge in [-0.3, -0.25) is 0 Å². The second kappa shape index (κ2) is 6.43. The Bertz CT molecular complexity index is 370. The SMILES string of the molecule is CCN(CC1CCC1)C(=O)N1CC(OC)CC1C(=O)O. The largest absolute Gasteiger partial charge is 0.480 e. The molecule has 0 aromatic carbocycles. The van der Waals surface area contributed by atoms with Crippen LogP contribution >= 0.6 is 0 Å². The number of hydrogen-bond donors (Lipinski definition) is 1. The topological polar surface area (TPSA) is 70.1 Å². The number of rotatable bonds is 5. The lowest BCUT2D eigenvalue weighted by molar-refractivity contribution is -0.141. The first-order valence-corrected chi connectivity index (χ1v) is 7.38. The summed E-state index contributed by atoms with van der Waals surface area (Å²) in [5, 5.41) is 9.27. The lowest BCUT2D eigenvalue weighted by atomic mass is 9.85. The maximum absolute atomic E-state index is 12.6. The van der Waals surface area contributed by atoms with Gasteiger partial charge in [-0.2, -0.15) is 0 Å². The highest BCUT2D eigenvalue weighted by atomic mass is 16.5. The Balaban J connectivity index is 2.02. The zero-order valence-electron chi connectivity index (χ0n) is 12.2. The number of carbonyl (C=O) groups excluding carboxylic acids is 1. The smallest absolute Gasteiger partial charge is 0.326 e. The first-order valence-electron chi connectivity index (χ1n) is 7.38. The fourth-order valence-electron chi connectivity index (χ4n) is 2.92. The second-order valence-electron chi connectivity index (χ2n) is 5.72. The molecule has 2 aliphatic rings. The Morgan fingerprint density at radius 1 is 1.40 bits per heavy atom. The molecule has 1 heterocycles. The number of aliphatic carboxylic acids is 1. The molecule has 6 nitrogen and oxygen atoms in total. The number of carboxylic acid groups (broad SMARTS) is 1. The van der Waals surface area contributed by atoms with Crippen molar-refractivity contribution in [1.29, 1.82) is 0 Å². The van der Waals surface area contributed by atoms with Gasteiger partial charge in [-0.25, -0.2) is 9.59 Å². The Morgan fingerprint density at radius 2 is 2.10 bits per heavy atom. The van der Waals surface area contributed by atoms with Crippen LogP contribution in [0.1, 0.15) is 32.6 Å². The van der Waals surface area contributed by atoms with E-state index in [-0.39, 0.29) is 12.1 Å². The standard InChI is InChI=1S/C14H24N2O4/c1-3-15(8-10-5-4-6-10)14(19)16-9-11(20-2)7-12(16)13(17)18/h10-12H,3-9H2,1-2H3,(H,17,18). The maximum atomic E-state index is 12.6. The number of carboxylic acids is 1. The van der Waals surface area contributed by atoms with Crippen LogP contribution in [0, 0.1) is 5.92 Å².